The number of hydrogen-bond acceptors (Lipinski definition) is 2. The molecule has 29 heavy (non-hydrogen) atoms. The summed E-state index contributed by atoms with van der Waals surface area (Å²) in [6.45, 7) is 4.21. The average Bonchev–Trinajstić information content (AvgIpc) is 3.47. The van der Waals surface area contributed by atoms with Crippen LogP contribution in [0.5, 0.6) is 0 Å². The number of nitrogens with zero attached hydrogens (tertiary/aromatic N) is 2. The lowest BCUT2D eigenvalue weighted by Crippen LogP contribution is -2.41. The zero-order valence-electron chi connectivity index (χ0n) is 17.1. The topological polar surface area (TPSA) is 58.4 Å². The molecule has 1 saturated carbocycles. The van der Waals surface area contributed by atoms with E-state index in [1.165, 1.54) is 6.07 Å². The van der Waals surface area contributed by atoms with Crippen LogP contribution in [0.1, 0.15) is 36.9 Å². The van der Waals surface area contributed by atoms with Gasteiger partial charge in [0.2, 0.25) is 0 Å². The van der Waals surface area contributed by atoms with Crippen molar-refractivity contribution in [3.8, 4) is 0 Å². The molecule has 2 N–H and O–H groups in total. The van der Waals surface area contributed by atoms with Crippen LogP contribution in [0, 0.1) is 12.7 Å². The predicted octanol–water partition coefficient (Wildman–Crippen LogP) is 3.59. The van der Waals surface area contributed by atoms with Crippen molar-refractivity contribution in [2.75, 3.05) is 20.1 Å². The molecule has 0 saturated heterocycles. The van der Waals surface area contributed by atoms with Gasteiger partial charge in [-0.25, -0.2) is 4.39 Å². The summed E-state index contributed by atoms with van der Waals surface area (Å²) in [6, 6.07) is 12.2. The second-order valence-electron chi connectivity index (χ2n) is 7.51. The third-order valence-corrected chi connectivity index (χ3v) is 5.48. The van der Waals surface area contributed by atoms with E-state index < -0.39 is 0 Å². The first-order valence-electron chi connectivity index (χ1n) is 9.91. The molecule has 3 rings (SSSR count). The summed E-state index contributed by atoms with van der Waals surface area (Å²) in [5.74, 6) is 0.578. The second-order valence-corrected chi connectivity index (χ2v) is 7.51. The van der Waals surface area contributed by atoms with Crippen LogP contribution in [0.15, 0.2) is 52.3 Å². The van der Waals surface area contributed by atoms with Crippen molar-refractivity contribution >= 4 is 29.9 Å². The van der Waals surface area contributed by atoms with Gasteiger partial charge in [-0.05, 0) is 56.4 Å². The zero-order chi connectivity index (χ0) is 20.0. The Bertz CT molecular complexity index is 892. The van der Waals surface area contributed by atoms with Gasteiger partial charge in [-0.3, -0.25) is 9.79 Å². The number of aliphatic imine (C=N–C) groups is 1. The van der Waals surface area contributed by atoms with Crippen LogP contribution in [-0.2, 0) is 12.0 Å². The first-order chi connectivity index (χ1) is 13.5. The highest BCUT2D eigenvalue weighted by Gasteiger charge is 2.44. The molecule has 1 aliphatic rings. The van der Waals surface area contributed by atoms with E-state index in [1.54, 1.807) is 31.3 Å². The van der Waals surface area contributed by atoms with E-state index in [2.05, 4.69) is 15.6 Å². The molecular formula is C22H30FIN4O. The number of halogens is 2. The van der Waals surface area contributed by atoms with Gasteiger partial charge in [0, 0.05) is 43.9 Å². The summed E-state index contributed by atoms with van der Waals surface area (Å²) in [4.78, 5) is 16.2. The van der Waals surface area contributed by atoms with Crippen LogP contribution < -0.4 is 16.2 Å². The van der Waals surface area contributed by atoms with Gasteiger partial charge < -0.3 is 15.2 Å². The summed E-state index contributed by atoms with van der Waals surface area (Å²) in [7, 11) is 1.75. The second kappa shape index (κ2) is 10.8. The Balaban J connectivity index is 0.00000300. The fourth-order valence-corrected chi connectivity index (χ4v) is 3.52. The molecule has 5 nitrogen and oxygen atoms in total. The molecule has 0 amide bonds. The van der Waals surface area contributed by atoms with E-state index in [-0.39, 0.29) is 40.8 Å². The van der Waals surface area contributed by atoms with Crippen LogP contribution in [0.2, 0.25) is 0 Å². The Morgan fingerprint density at radius 3 is 2.59 bits per heavy atom. The van der Waals surface area contributed by atoms with Gasteiger partial charge >= 0.3 is 0 Å². The molecular weight excluding hydrogens is 482 g/mol. The number of rotatable bonds is 8. The molecule has 158 valence electrons. The predicted molar refractivity (Wildman–Crippen MR) is 127 cm³/mol. The molecule has 0 atom stereocenters. The molecule has 1 heterocycles. The molecule has 1 aromatic heterocycles. The minimum absolute atomic E-state index is 0. The van der Waals surface area contributed by atoms with Gasteiger partial charge in [-0.15, -0.1) is 24.0 Å². The Labute approximate surface area is 188 Å². The van der Waals surface area contributed by atoms with E-state index >= 15 is 0 Å². The summed E-state index contributed by atoms with van der Waals surface area (Å²) in [6.07, 6.45) is 3.98. The standard InChI is InChI=1S/C22H29FN4O.HI/c1-17-7-5-10-20(28)27(17)14-4-3-13-25-21(24-2)26-16-22(11-12-22)18-8-6-9-19(23)15-18;/h5-10,15H,3-4,11-14,16H2,1-2H3,(H2,24,25,26);1H. The van der Waals surface area contributed by atoms with Crippen molar-refractivity contribution in [2.24, 2.45) is 4.99 Å². The first kappa shape index (κ1) is 23.4. The molecule has 0 bridgehead atoms. The lowest BCUT2D eigenvalue weighted by molar-refractivity contribution is 0.572. The van der Waals surface area contributed by atoms with Crippen molar-refractivity contribution in [1.82, 2.24) is 15.2 Å². The van der Waals surface area contributed by atoms with E-state index in [1.807, 2.05) is 23.6 Å². The maximum absolute atomic E-state index is 13.5. The third kappa shape index (κ3) is 6.29. The SMILES string of the molecule is CN=C(NCCCCn1c(C)cccc1=O)NCC1(c2cccc(F)c2)CC1.I. The van der Waals surface area contributed by atoms with Crippen LogP contribution in [-0.4, -0.2) is 30.7 Å². The van der Waals surface area contributed by atoms with Gasteiger partial charge in [-0.1, -0.05) is 18.2 Å². The maximum Gasteiger partial charge on any atom is 0.250 e. The fraction of sp³-hybridized carbons (Fsp3) is 0.455. The van der Waals surface area contributed by atoms with Crippen molar-refractivity contribution in [2.45, 2.75) is 44.6 Å². The van der Waals surface area contributed by atoms with Gasteiger partial charge in [0.1, 0.15) is 5.82 Å². The molecule has 0 aliphatic heterocycles. The van der Waals surface area contributed by atoms with E-state index in [0.717, 1.165) is 62.5 Å². The fourth-order valence-electron chi connectivity index (χ4n) is 3.52. The molecule has 7 heteroatoms. The first-order valence-corrected chi connectivity index (χ1v) is 9.91. The van der Waals surface area contributed by atoms with Crippen LogP contribution in [0.4, 0.5) is 4.39 Å². The Hall–Kier alpha value is -1.90. The van der Waals surface area contributed by atoms with E-state index in [9.17, 15) is 9.18 Å². The molecule has 1 fully saturated rings. The zero-order valence-corrected chi connectivity index (χ0v) is 19.4. The maximum atomic E-state index is 13.5. The normalized spacial score (nSPS) is 14.8. The number of guanidine groups is 1. The summed E-state index contributed by atoms with van der Waals surface area (Å²) in [5, 5.41) is 6.70. The monoisotopic (exact) mass is 512 g/mol. The third-order valence-electron chi connectivity index (χ3n) is 5.48. The van der Waals surface area contributed by atoms with E-state index in [4.69, 9.17) is 0 Å². The van der Waals surface area contributed by atoms with Gasteiger partial charge in [0.05, 0.1) is 0 Å². The molecule has 1 aromatic carbocycles. The average molecular weight is 512 g/mol. The lowest BCUT2D eigenvalue weighted by atomic mass is 9.96. The number of aryl methyl sites for hydroxylation is 1. The quantitative estimate of drug-likeness (QED) is 0.246. The number of pyridine rings is 1. The Morgan fingerprint density at radius 1 is 1.17 bits per heavy atom. The molecule has 0 radical (unpaired) electrons. The van der Waals surface area contributed by atoms with Crippen LogP contribution in [0.3, 0.4) is 0 Å². The molecule has 0 unspecified atom stereocenters. The Kier molecular flexibility index (Phi) is 8.67. The number of nitrogens with one attached hydrogen (secondary N) is 2. The van der Waals surface area contributed by atoms with Crippen molar-refractivity contribution < 1.29 is 4.39 Å². The smallest absolute Gasteiger partial charge is 0.250 e. The summed E-state index contributed by atoms with van der Waals surface area (Å²) < 4.78 is 15.3. The minimum atomic E-state index is -0.181. The lowest BCUT2D eigenvalue weighted by Gasteiger charge is -2.19. The number of benzene rings is 1. The number of hydrogen-bond donors (Lipinski definition) is 2. The molecule has 1 aliphatic carbocycles. The Morgan fingerprint density at radius 2 is 1.93 bits per heavy atom. The summed E-state index contributed by atoms with van der Waals surface area (Å²) >= 11 is 0. The summed E-state index contributed by atoms with van der Waals surface area (Å²) in [5.41, 5.74) is 2.12. The number of unbranched alkanes of at least 4 members (excludes halogenated alkanes) is 1. The van der Waals surface area contributed by atoms with Gasteiger partial charge in [0.25, 0.3) is 5.56 Å². The minimum Gasteiger partial charge on any atom is -0.356 e. The molecule has 2 aromatic rings. The van der Waals surface area contributed by atoms with Gasteiger partial charge in [-0.2, -0.15) is 0 Å². The molecule has 0 spiro atoms. The highest BCUT2D eigenvalue weighted by molar-refractivity contribution is 14.0. The van der Waals surface area contributed by atoms with Gasteiger partial charge in [0.15, 0.2) is 5.96 Å². The number of aromatic nitrogens is 1. The van der Waals surface area contributed by atoms with Crippen molar-refractivity contribution in [3.63, 3.8) is 0 Å². The van der Waals surface area contributed by atoms with Crippen LogP contribution in [0.25, 0.3) is 0 Å². The largest absolute Gasteiger partial charge is 0.356 e. The van der Waals surface area contributed by atoms with Crippen molar-refractivity contribution in [3.05, 3.63) is 69.9 Å². The van der Waals surface area contributed by atoms with E-state index in [0.29, 0.717) is 0 Å². The van der Waals surface area contributed by atoms with Crippen LogP contribution >= 0.6 is 24.0 Å². The highest BCUT2D eigenvalue weighted by atomic mass is 127. The highest BCUT2D eigenvalue weighted by Crippen LogP contribution is 2.47. The van der Waals surface area contributed by atoms with Crippen molar-refractivity contribution in [1.29, 1.82) is 0 Å².